The van der Waals surface area contributed by atoms with Crippen LogP contribution in [0.5, 0.6) is 5.75 Å². The van der Waals surface area contributed by atoms with Crippen molar-refractivity contribution in [2.75, 3.05) is 0 Å². The van der Waals surface area contributed by atoms with E-state index in [0.717, 1.165) is 5.56 Å². The van der Waals surface area contributed by atoms with Crippen LogP contribution in [0.2, 0.25) is 0 Å². The zero-order valence-corrected chi connectivity index (χ0v) is 10.0. The second kappa shape index (κ2) is 5.55. The third kappa shape index (κ3) is 3.01. The van der Waals surface area contributed by atoms with Crippen LogP contribution in [0, 0.1) is 5.82 Å². The highest BCUT2D eigenvalue weighted by Gasteiger charge is 2.10. The van der Waals surface area contributed by atoms with Crippen LogP contribution >= 0.6 is 0 Å². The van der Waals surface area contributed by atoms with Gasteiger partial charge in [-0.1, -0.05) is 6.07 Å². The quantitative estimate of drug-likeness (QED) is 0.899. The van der Waals surface area contributed by atoms with Crippen molar-refractivity contribution >= 4 is 0 Å². The van der Waals surface area contributed by atoms with Gasteiger partial charge in [0.1, 0.15) is 18.2 Å². The van der Waals surface area contributed by atoms with E-state index in [2.05, 4.69) is 9.97 Å². The first-order chi connectivity index (χ1) is 8.66. The third-order valence-electron chi connectivity index (χ3n) is 2.44. The molecular formula is C13H14FN3O. The normalized spacial score (nSPS) is 12.2. The van der Waals surface area contributed by atoms with E-state index in [1.807, 2.05) is 6.92 Å². The average Bonchev–Trinajstić information content (AvgIpc) is 2.37. The fourth-order valence-electron chi connectivity index (χ4n) is 1.56. The van der Waals surface area contributed by atoms with Gasteiger partial charge in [-0.25, -0.2) is 14.4 Å². The van der Waals surface area contributed by atoms with Crippen LogP contribution in [0.25, 0.3) is 0 Å². The van der Waals surface area contributed by atoms with Crippen LogP contribution in [-0.4, -0.2) is 9.97 Å². The Bertz CT molecular complexity index is 517. The minimum Gasteiger partial charge on any atom is -0.485 e. The summed E-state index contributed by atoms with van der Waals surface area (Å²) >= 11 is 0. The molecule has 4 nitrogen and oxygen atoms in total. The standard InChI is InChI=1S/C13H14FN3O/c1-9(15)11-4-3-10(14)7-12(11)18-8-13-16-5-2-6-17-13/h2-7,9H,8,15H2,1H3/t9-/m1/s1. The molecule has 5 heteroatoms. The van der Waals surface area contributed by atoms with Gasteiger partial charge in [0.25, 0.3) is 0 Å². The molecule has 0 aliphatic heterocycles. The second-order valence-electron chi connectivity index (χ2n) is 3.92. The molecule has 1 heterocycles. The van der Waals surface area contributed by atoms with E-state index < -0.39 is 0 Å². The zero-order valence-electron chi connectivity index (χ0n) is 10.0. The first kappa shape index (κ1) is 12.4. The molecule has 0 spiro atoms. The lowest BCUT2D eigenvalue weighted by Gasteiger charge is -2.13. The molecule has 2 aromatic rings. The van der Waals surface area contributed by atoms with Crippen molar-refractivity contribution in [1.82, 2.24) is 9.97 Å². The van der Waals surface area contributed by atoms with Crippen molar-refractivity contribution in [1.29, 1.82) is 0 Å². The number of nitrogens with two attached hydrogens (primary N) is 1. The first-order valence-electron chi connectivity index (χ1n) is 5.60. The lowest BCUT2D eigenvalue weighted by atomic mass is 10.1. The summed E-state index contributed by atoms with van der Waals surface area (Å²) in [7, 11) is 0. The third-order valence-corrected chi connectivity index (χ3v) is 2.44. The molecule has 0 radical (unpaired) electrons. The highest BCUT2D eigenvalue weighted by molar-refractivity contribution is 5.36. The summed E-state index contributed by atoms with van der Waals surface area (Å²) in [4.78, 5) is 8.06. The van der Waals surface area contributed by atoms with Crippen LogP contribution in [0.3, 0.4) is 0 Å². The molecule has 94 valence electrons. The molecule has 0 amide bonds. The number of nitrogens with zero attached hydrogens (tertiary/aromatic N) is 2. The van der Waals surface area contributed by atoms with Gasteiger partial charge in [-0.3, -0.25) is 0 Å². The summed E-state index contributed by atoms with van der Waals surface area (Å²) in [6.45, 7) is 2.00. The summed E-state index contributed by atoms with van der Waals surface area (Å²) in [6, 6.07) is 5.81. The van der Waals surface area contributed by atoms with Crippen LogP contribution < -0.4 is 10.5 Å². The molecule has 1 aromatic carbocycles. The van der Waals surface area contributed by atoms with E-state index in [1.54, 1.807) is 24.5 Å². The highest BCUT2D eigenvalue weighted by Crippen LogP contribution is 2.25. The number of ether oxygens (including phenoxy) is 1. The van der Waals surface area contributed by atoms with Gasteiger partial charge in [0.2, 0.25) is 0 Å². The highest BCUT2D eigenvalue weighted by atomic mass is 19.1. The van der Waals surface area contributed by atoms with E-state index in [9.17, 15) is 4.39 Å². The molecular weight excluding hydrogens is 233 g/mol. The maximum atomic E-state index is 13.2. The van der Waals surface area contributed by atoms with Crippen molar-refractivity contribution < 1.29 is 9.13 Å². The van der Waals surface area contributed by atoms with Crippen LogP contribution in [0.4, 0.5) is 4.39 Å². The van der Waals surface area contributed by atoms with Crippen molar-refractivity contribution in [3.63, 3.8) is 0 Å². The molecule has 0 aliphatic carbocycles. The monoisotopic (exact) mass is 247 g/mol. The SMILES string of the molecule is C[C@@H](N)c1ccc(F)cc1OCc1ncccn1. The lowest BCUT2D eigenvalue weighted by Crippen LogP contribution is -2.09. The molecule has 0 aliphatic rings. The largest absolute Gasteiger partial charge is 0.485 e. The van der Waals surface area contributed by atoms with Crippen LogP contribution in [0.1, 0.15) is 24.4 Å². The number of rotatable bonds is 4. The number of aromatic nitrogens is 2. The zero-order chi connectivity index (χ0) is 13.0. The minimum atomic E-state index is -0.358. The maximum Gasteiger partial charge on any atom is 0.166 e. The summed E-state index contributed by atoms with van der Waals surface area (Å²) in [5.74, 6) is 0.609. The van der Waals surface area contributed by atoms with E-state index in [1.165, 1.54) is 12.1 Å². The lowest BCUT2D eigenvalue weighted by molar-refractivity contribution is 0.290. The Balaban J connectivity index is 2.15. The van der Waals surface area contributed by atoms with Crippen molar-refractivity contribution in [3.8, 4) is 5.75 Å². The van der Waals surface area contributed by atoms with Gasteiger partial charge in [-0.05, 0) is 19.1 Å². The van der Waals surface area contributed by atoms with Gasteiger partial charge >= 0.3 is 0 Å². The summed E-state index contributed by atoms with van der Waals surface area (Å²) in [6.07, 6.45) is 3.26. The Morgan fingerprint density at radius 2 is 2.06 bits per heavy atom. The fourth-order valence-corrected chi connectivity index (χ4v) is 1.56. The summed E-state index contributed by atoms with van der Waals surface area (Å²) in [5.41, 5.74) is 6.56. The molecule has 0 unspecified atom stereocenters. The van der Waals surface area contributed by atoms with Crippen molar-refractivity contribution in [2.45, 2.75) is 19.6 Å². The molecule has 0 bridgehead atoms. The molecule has 1 atom stereocenters. The number of halogens is 1. The number of hydrogen-bond acceptors (Lipinski definition) is 4. The van der Waals surface area contributed by atoms with Gasteiger partial charge < -0.3 is 10.5 Å². The molecule has 1 aromatic heterocycles. The van der Waals surface area contributed by atoms with Crippen molar-refractivity contribution in [3.05, 3.63) is 53.9 Å². The van der Waals surface area contributed by atoms with Gasteiger partial charge in [-0.2, -0.15) is 0 Å². The van der Waals surface area contributed by atoms with E-state index in [-0.39, 0.29) is 18.5 Å². The average molecular weight is 247 g/mol. The van der Waals surface area contributed by atoms with Crippen LogP contribution in [0.15, 0.2) is 36.7 Å². The molecule has 0 saturated heterocycles. The fraction of sp³-hybridized carbons (Fsp3) is 0.231. The Morgan fingerprint density at radius 1 is 1.33 bits per heavy atom. The molecule has 0 saturated carbocycles. The molecule has 0 fully saturated rings. The molecule has 2 N–H and O–H groups in total. The summed E-state index contributed by atoms with van der Waals surface area (Å²) in [5, 5.41) is 0. The van der Waals surface area contributed by atoms with Gasteiger partial charge in [0.15, 0.2) is 5.82 Å². The maximum absolute atomic E-state index is 13.2. The van der Waals surface area contributed by atoms with E-state index in [0.29, 0.717) is 11.6 Å². The van der Waals surface area contributed by atoms with Gasteiger partial charge in [-0.15, -0.1) is 0 Å². The minimum absolute atomic E-state index is 0.185. The van der Waals surface area contributed by atoms with Gasteiger partial charge in [0.05, 0.1) is 0 Å². The Kier molecular flexibility index (Phi) is 3.84. The van der Waals surface area contributed by atoms with E-state index in [4.69, 9.17) is 10.5 Å². The van der Waals surface area contributed by atoms with Crippen molar-refractivity contribution in [2.24, 2.45) is 5.73 Å². The number of hydrogen-bond donors (Lipinski definition) is 1. The summed E-state index contributed by atoms with van der Waals surface area (Å²) < 4.78 is 18.7. The smallest absolute Gasteiger partial charge is 0.166 e. The Hall–Kier alpha value is -2.01. The number of benzene rings is 1. The molecule has 2 rings (SSSR count). The second-order valence-corrected chi connectivity index (χ2v) is 3.92. The van der Waals surface area contributed by atoms with Gasteiger partial charge in [0, 0.05) is 30.1 Å². The predicted molar refractivity (Wildman–Crippen MR) is 65.4 cm³/mol. The van der Waals surface area contributed by atoms with Crippen LogP contribution in [-0.2, 0) is 6.61 Å². The Morgan fingerprint density at radius 3 is 2.72 bits per heavy atom. The van der Waals surface area contributed by atoms with E-state index >= 15 is 0 Å². The molecule has 18 heavy (non-hydrogen) atoms. The first-order valence-corrected chi connectivity index (χ1v) is 5.60. The topological polar surface area (TPSA) is 61.0 Å². The Labute approximate surface area is 105 Å². The predicted octanol–water partition coefficient (Wildman–Crippen LogP) is 2.21.